The predicted octanol–water partition coefficient (Wildman–Crippen LogP) is 6.64. The Morgan fingerprint density at radius 3 is 2.42 bits per heavy atom. The fraction of sp³-hybridized carbons (Fsp3) is 0.667. The summed E-state index contributed by atoms with van der Waals surface area (Å²) in [5.74, 6) is 0.00946. The molecule has 0 N–H and O–H groups in total. The Labute approximate surface area is 231 Å². The molecule has 0 aromatic heterocycles. The number of allylic oxidation sites excluding steroid dienone is 1. The van der Waals surface area contributed by atoms with Gasteiger partial charge in [-0.2, -0.15) is 0 Å². The summed E-state index contributed by atoms with van der Waals surface area (Å²) in [6.45, 7) is 2.46. The molecule has 0 aliphatic carbocycles. The van der Waals surface area contributed by atoms with Crippen LogP contribution in [0.3, 0.4) is 0 Å². The van der Waals surface area contributed by atoms with E-state index < -0.39 is 5.79 Å². The van der Waals surface area contributed by atoms with E-state index in [4.69, 9.17) is 18.9 Å². The largest absolute Gasteiger partial charge is 0.497 e. The lowest BCUT2D eigenvalue weighted by Gasteiger charge is -2.48. The number of ether oxygens (including phenoxy) is 4. The molecule has 0 saturated carbocycles. The second-order valence-corrected chi connectivity index (χ2v) is 11.8. The van der Waals surface area contributed by atoms with Gasteiger partial charge in [0.25, 0.3) is 5.24 Å². The first-order valence-electron chi connectivity index (χ1n) is 14.1. The molecule has 1 aromatic carbocycles. The molecule has 2 saturated heterocycles. The minimum absolute atomic E-state index is 0.00882. The second-order valence-electron chi connectivity index (χ2n) is 10.8. The van der Waals surface area contributed by atoms with Crippen LogP contribution in [0.1, 0.15) is 83.1 Å². The molecule has 0 radical (unpaired) electrons. The number of hydrogen-bond donors (Lipinski definition) is 0. The zero-order chi connectivity index (χ0) is 27.0. The van der Waals surface area contributed by atoms with Crippen LogP contribution < -0.4 is 4.74 Å². The minimum Gasteiger partial charge on any atom is -0.497 e. The molecule has 0 spiro atoms. The molecular weight excluding hydrogens is 502 g/mol. The fourth-order valence-electron chi connectivity index (χ4n) is 5.87. The van der Waals surface area contributed by atoms with Gasteiger partial charge in [-0.15, -0.1) is 0 Å². The van der Waals surface area contributed by atoms with Gasteiger partial charge in [-0.05, 0) is 43.9 Å². The highest BCUT2D eigenvalue weighted by Crippen LogP contribution is 2.43. The lowest BCUT2D eigenvalue weighted by atomic mass is 9.90. The highest BCUT2D eigenvalue weighted by molar-refractivity contribution is 8.13. The number of hydrogen-bond acceptors (Lipinski definition) is 7. The van der Waals surface area contributed by atoms with E-state index in [0.29, 0.717) is 25.1 Å². The molecule has 2 fully saturated rings. The van der Waals surface area contributed by atoms with Crippen molar-refractivity contribution in [3.8, 4) is 5.75 Å². The van der Waals surface area contributed by atoms with Crippen molar-refractivity contribution in [2.24, 2.45) is 0 Å². The van der Waals surface area contributed by atoms with E-state index in [9.17, 15) is 9.59 Å². The summed E-state index contributed by atoms with van der Waals surface area (Å²) >= 11 is 1.29. The number of carbonyl (C=O) groups is 2. The third-order valence-corrected chi connectivity index (χ3v) is 8.95. The standard InChI is InChI=1S/C30H43NO6S/c1-22-11-9-7-5-4-6-8-10-12-25-18-26(36-28(32)17-22)19-30(35-3,37-25)27-21-38-29(33)31(27)20-23-13-15-24(34-2)16-14-23/h13-17,25-27H,4-12,18-21H2,1-3H3/b22-17-/t25-,26?,27+,30-/m1/s1. The monoisotopic (exact) mass is 545 g/mol. The van der Waals surface area contributed by atoms with Gasteiger partial charge in [0.15, 0.2) is 5.79 Å². The van der Waals surface area contributed by atoms with Crippen molar-refractivity contribution in [3.63, 3.8) is 0 Å². The molecule has 1 aromatic rings. The number of rotatable bonds is 5. The molecule has 7 nitrogen and oxygen atoms in total. The Kier molecular flexibility index (Phi) is 10.6. The third kappa shape index (κ3) is 7.54. The number of fused-ring (bicyclic) bond motifs is 2. The van der Waals surface area contributed by atoms with Crippen molar-refractivity contribution in [2.75, 3.05) is 20.0 Å². The molecule has 210 valence electrons. The summed E-state index contributed by atoms with van der Waals surface area (Å²) in [4.78, 5) is 27.8. The molecule has 3 heterocycles. The molecule has 3 aliphatic heterocycles. The average molecular weight is 546 g/mol. The molecule has 3 aliphatic rings. The molecule has 1 unspecified atom stereocenters. The molecule has 38 heavy (non-hydrogen) atoms. The van der Waals surface area contributed by atoms with Crippen LogP contribution in [0.25, 0.3) is 0 Å². The van der Waals surface area contributed by atoms with Crippen molar-refractivity contribution >= 4 is 23.0 Å². The van der Waals surface area contributed by atoms with Gasteiger partial charge in [-0.25, -0.2) is 4.79 Å². The summed E-state index contributed by atoms with van der Waals surface area (Å²) in [6.07, 6.45) is 12.4. The number of thioether (sulfide) groups is 1. The number of nitrogens with zero attached hydrogens (tertiary/aromatic N) is 1. The van der Waals surface area contributed by atoms with Crippen LogP contribution in [0.5, 0.6) is 5.75 Å². The molecule has 4 atom stereocenters. The van der Waals surface area contributed by atoms with Gasteiger partial charge < -0.3 is 23.8 Å². The Hall–Kier alpha value is -2.03. The van der Waals surface area contributed by atoms with Crippen molar-refractivity contribution in [1.82, 2.24) is 4.90 Å². The predicted molar refractivity (Wildman–Crippen MR) is 149 cm³/mol. The summed E-state index contributed by atoms with van der Waals surface area (Å²) in [5, 5.41) is 0.00882. The first kappa shape index (κ1) is 29.0. The lowest BCUT2D eigenvalue weighted by molar-refractivity contribution is -0.305. The van der Waals surface area contributed by atoms with E-state index in [2.05, 4.69) is 0 Å². The summed E-state index contributed by atoms with van der Waals surface area (Å²) in [6, 6.07) is 7.47. The maximum Gasteiger partial charge on any atom is 0.330 e. The SMILES string of the molecule is COc1ccc(CN2C(=O)SC[C@H]2[C@@]2(OC)CC3C[C@@H](CCCCCCCCC/C(C)=C\C(=O)O3)O2)cc1. The number of esters is 1. The lowest BCUT2D eigenvalue weighted by Crippen LogP contribution is -2.60. The number of benzene rings is 1. The van der Waals surface area contributed by atoms with Crippen LogP contribution in [-0.4, -0.2) is 60.1 Å². The average Bonchev–Trinajstić information content (AvgIpc) is 3.27. The summed E-state index contributed by atoms with van der Waals surface area (Å²) in [7, 11) is 3.29. The zero-order valence-corrected chi connectivity index (χ0v) is 23.9. The van der Waals surface area contributed by atoms with Gasteiger partial charge in [-0.1, -0.05) is 68.0 Å². The topological polar surface area (TPSA) is 74.3 Å². The smallest absolute Gasteiger partial charge is 0.330 e. The van der Waals surface area contributed by atoms with E-state index in [-0.39, 0.29) is 29.5 Å². The first-order chi connectivity index (χ1) is 18.4. The van der Waals surface area contributed by atoms with Crippen LogP contribution in [0.4, 0.5) is 4.79 Å². The van der Waals surface area contributed by atoms with E-state index in [1.807, 2.05) is 36.1 Å². The van der Waals surface area contributed by atoms with Crippen molar-refractivity contribution in [1.29, 1.82) is 0 Å². The van der Waals surface area contributed by atoms with E-state index >= 15 is 0 Å². The number of amides is 1. The maximum absolute atomic E-state index is 13.0. The Morgan fingerprint density at radius 1 is 1.00 bits per heavy atom. The second kappa shape index (κ2) is 13.9. The summed E-state index contributed by atoms with van der Waals surface area (Å²) in [5.41, 5.74) is 2.07. The Bertz CT molecular complexity index is 966. The fourth-order valence-corrected chi connectivity index (χ4v) is 6.96. The van der Waals surface area contributed by atoms with E-state index in [0.717, 1.165) is 42.6 Å². The molecule has 2 bridgehead atoms. The van der Waals surface area contributed by atoms with Crippen LogP contribution >= 0.6 is 11.8 Å². The van der Waals surface area contributed by atoms with E-state index in [1.165, 1.54) is 43.9 Å². The van der Waals surface area contributed by atoms with Gasteiger partial charge in [0.05, 0.1) is 19.3 Å². The van der Waals surface area contributed by atoms with Gasteiger partial charge in [-0.3, -0.25) is 4.79 Å². The van der Waals surface area contributed by atoms with Gasteiger partial charge in [0.2, 0.25) is 0 Å². The van der Waals surface area contributed by atoms with Gasteiger partial charge >= 0.3 is 5.97 Å². The Morgan fingerprint density at radius 2 is 1.71 bits per heavy atom. The Balaban J connectivity index is 1.55. The normalized spacial score (nSPS) is 31.4. The molecule has 1 amide bonds. The third-order valence-electron chi connectivity index (χ3n) is 7.99. The zero-order valence-electron chi connectivity index (χ0n) is 23.1. The van der Waals surface area contributed by atoms with E-state index in [1.54, 1.807) is 20.3 Å². The molecule has 8 heteroatoms. The van der Waals surface area contributed by atoms with Crippen LogP contribution in [0.2, 0.25) is 0 Å². The van der Waals surface area contributed by atoms with Crippen molar-refractivity contribution in [3.05, 3.63) is 41.5 Å². The van der Waals surface area contributed by atoms with Gasteiger partial charge in [0, 0.05) is 38.3 Å². The summed E-state index contributed by atoms with van der Waals surface area (Å²) < 4.78 is 24.2. The highest BCUT2D eigenvalue weighted by Gasteiger charge is 2.54. The minimum atomic E-state index is -1.04. The van der Waals surface area contributed by atoms with Gasteiger partial charge in [0.1, 0.15) is 11.9 Å². The quantitative estimate of drug-likeness (QED) is 0.384. The van der Waals surface area contributed by atoms with Crippen LogP contribution in [0.15, 0.2) is 35.9 Å². The number of methoxy groups -OCH3 is 2. The highest BCUT2D eigenvalue weighted by atomic mass is 32.2. The number of carbonyl (C=O) groups excluding carboxylic acids is 2. The maximum atomic E-state index is 13.0. The molecule has 4 rings (SSSR count). The van der Waals surface area contributed by atoms with Crippen LogP contribution in [0, 0.1) is 0 Å². The molecular formula is C30H43NO6S. The first-order valence-corrected chi connectivity index (χ1v) is 15.1. The van der Waals surface area contributed by atoms with Crippen molar-refractivity contribution in [2.45, 2.75) is 108 Å². The van der Waals surface area contributed by atoms with Crippen LogP contribution in [-0.2, 0) is 25.5 Å². The van der Waals surface area contributed by atoms with Crippen molar-refractivity contribution < 1.29 is 28.5 Å².